The number of hydrogen-bond acceptors (Lipinski definition) is 1. The Bertz CT molecular complexity index is 369. The molecular weight excluding hydrogens is 218 g/mol. The van der Waals surface area contributed by atoms with Gasteiger partial charge in [-0.15, -0.1) is 11.6 Å². The quantitative estimate of drug-likeness (QED) is 0.774. The van der Waals surface area contributed by atoms with Gasteiger partial charge in [-0.1, -0.05) is 23.8 Å². The Morgan fingerprint density at radius 3 is 2.69 bits per heavy atom. The summed E-state index contributed by atoms with van der Waals surface area (Å²) >= 11 is 5.95. The van der Waals surface area contributed by atoms with E-state index in [1.54, 1.807) is 0 Å². The van der Waals surface area contributed by atoms with Gasteiger partial charge in [-0.05, 0) is 43.2 Å². The van der Waals surface area contributed by atoms with E-state index < -0.39 is 0 Å². The minimum atomic E-state index is 0.416. The van der Waals surface area contributed by atoms with Crippen molar-refractivity contribution < 1.29 is 0 Å². The highest BCUT2D eigenvalue weighted by molar-refractivity contribution is 6.18. The number of rotatable bonds is 5. The molecule has 0 saturated heterocycles. The lowest BCUT2D eigenvalue weighted by atomic mass is 10.1. The Labute approximate surface area is 103 Å². The molecule has 16 heavy (non-hydrogen) atoms. The Kier molecular flexibility index (Phi) is 3.56. The molecule has 0 aromatic heterocycles. The lowest BCUT2D eigenvalue weighted by Gasteiger charge is -2.13. The van der Waals surface area contributed by atoms with Crippen molar-refractivity contribution in [3.05, 3.63) is 34.9 Å². The molecule has 1 nitrogen and oxygen atoms in total. The minimum absolute atomic E-state index is 0.416. The topological polar surface area (TPSA) is 12.0 Å². The van der Waals surface area contributed by atoms with E-state index >= 15 is 0 Å². The summed E-state index contributed by atoms with van der Waals surface area (Å²) in [6.45, 7) is 6.34. The van der Waals surface area contributed by atoms with E-state index in [4.69, 9.17) is 11.6 Å². The Hall–Kier alpha value is -0.530. The fraction of sp³-hybridized carbons (Fsp3) is 0.571. The average molecular weight is 238 g/mol. The third kappa shape index (κ3) is 2.78. The number of nitrogens with one attached hydrogen (secondary N) is 1. The number of aryl methyl sites for hydroxylation is 2. The molecule has 88 valence electrons. The molecule has 0 unspecified atom stereocenters. The van der Waals surface area contributed by atoms with Crippen LogP contribution in [0.4, 0.5) is 0 Å². The molecule has 0 radical (unpaired) electrons. The van der Waals surface area contributed by atoms with Crippen molar-refractivity contribution in [3.63, 3.8) is 0 Å². The predicted molar refractivity (Wildman–Crippen MR) is 70.0 cm³/mol. The van der Waals surface area contributed by atoms with Crippen LogP contribution in [0.1, 0.15) is 29.5 Å². The summed E-state index contributed by atoms with van der Waals surface area (Å²) in [7, 11) is 0. The maximum atomic E-state index is 5.95. The molecule has 0 atom stereocenters. The van der Waals surface area contributed by atoms with Crippen LogP contribution in [0.25, 0.3) is 0 Å². The second-order valence-corrected chi connectivity index (χ2v) is 5.43. The second kappa shape index (κ2) is 4.77. The van der Waals surface area contributed by atoms with Crippen molar-refractivity contribution >= 4 is 11.6 Å². The number of hydrogen-bond donors (Lipinski definition) is 1. The van der Waals surface area contributed by atoms with Gasteiger partial charge in [0.15, 0.2) is 0 Å². The molecule has 0 amide bonds. The first kappa shape index (κ1) is 11.9. The lowest BCUT2D eigenvalue weighted by Crippen LogP contribution is -2.25. The van der Waals surface area contributed by atoms with Crippen molar-refractivity contribution in [3.8, 4) is 0 Å². The van der Waals surface area contributed by atoms with Crippen molar-refractivity contribution in [2.75, 3.05) is 12.4 Å². The van der Waals surface area contributed by atoms with E-state index in [2.05, 4.69) is 37.4 Å². The van der Waals surface area contributed by atoms with Gasteiger partial charge in [-0.3, -0.25) is 0 Å². The van der Waals surface area contributed by atoms with Crippen molar-refractivity contribution in [1.29, 1.82) is 0 Å². The van der Waals surface area contributed by atoms with Crippen molar-refractivity contribution in [2.45, 2.75) is 33.2 Å². The van der Waals surface area contributed by atoms with Gasteiger partial charge in [0.05, 0.1) is 0 Å². The summed E-state index contributed by atoms with van der Waals surface area (Å²) in [4.78, 5) is 0. The highest BCUT2D eigenvalue weighted by atomic mass is 35.5. The summed E-state index contributed by atoms with van der Waals surface area (Å²) in [5, 5.41) is 3.54. The fourth-order valence-electron chi connectivity index (χ4n) is 1.99. The zero-order chi connectivity index (χ0) is 11.6. The van der Waals surface area contributed by atoms with E-state index in [1.165, 1.54) is 29.5 Å². The Balaban J connectivity index is 1.87. The summed E-state index contributed by atoms with van der Waals surface area (Å²) in [6, 6.07) is 6.63. The van der Waals surface area contributed by atoms with Gasteiger partial charge < -0.3 is 5.32 Å². The molecule has 1 aromatic rings. The first-order valence-electron chi connectivity index (χ1n) is 5.98. The monoisotopic (exact) mass is 237 g/mol. The summed E-state index contributed by atoms with van der Waals surface area (Å²) in [5.74, 6) is 0.798. The van der Waals surface area contributed by atoms with Gasteiger partial charge in [0.1, 0.15) is 0 Å². The van der Waals surface area contributed by atoms with E-state index in [0.717, 1.165) is 19.0 Å². The molecule has 1 aliphatic carbocycles. The molecule has 2 rings (SSSR count). The molecule has 1 aliphatic rings. The predicted octanol–water partition coefficient (Wildman–Crippen LogP) is 3.41. The van der Waals surface area contributed by atoms with Crippen LogP contribution < -0.4 is 5.32 Å². The van der Waals surface area contributed by atoms with Crippen LogP contribution in [0.3, 0.4) is 0 Å². The van der Waals surface area contributed by atoms with Gasteiger partial charge in [-0.25, -0.2) is 0 Å². The number of alkyl halides is 1. The standard InChI is InChI=1S/C14H20ClN/c1-11-3-4-12(2)13(7-11)8-16-10-14(9-15)5-6-14/h3-4,7,16H,5-6,8-10H2,1-2H3. The molecule has 1 saturated carbocycles. The van der Waals surface area contributed by atoms with Gasteiger partial charge in [0.25, 0.3) is 0 Å². The molecular formula is C14H20ClN. The Morgan fingerprint density at radius 2 is 2.06 bits per heavy atom. The average Bonchev–Trinajstić information content (AvgIpc) is 3.04. The third-order valence-electron chi connectivity index (χ3n) is 3.56. The van der Waals surface area contributed by atoms with Gasteiger partial charge >= 0.3 is 0 Å². The summed E-state index contributed by atoms with van der Waals surface area (Å²) < 4.78 is 0. The molecule has 0 spiro atoms. The smallest absolute Gasteiger partial charge is 0.0292 e. The number of benzene rings is 1. The molecule has 1 fully saturated rings. The van der Waals surface area contributed by atoms with Crippen LogP contribution in [0.15, 0.2) is 18.2 Å². The molecule has 0 aliphatic heterocycles. The molecule has 0 heterocycles. The van der Waals surface area contributed by atoms with E-state index in [1.807, 2.05) is 0 Å². The maximum absolute atomic E-state index is 5.95. The zero-order valence-corrected chi connectivity index (χ0v) is 10.9. The minimum Gasteiger partial charge on any atom is -0.312 e. The molecule has 2 heteroatoms. The van der Waals surface area contributed by atoms with Crippen molar-refractivity contribution in [2.24, 2.45) is 5.41 Å². The van der Waals surface area contributed by atoms with Gasteiger partial charge in [-0.2, -0.15) is 0 Å². The highest BCUT2D eigenvalue weighted by Gasteiger charge is 2.41. The Morgan fingerprint density at radius 1 is 1.31 bits per heavy atom. The second-order valence-electron chi connectivity index (χ2n) is 5.17. The van der Waals surface area contributed by atoms with E-state index in [0.29, 0.717) is 5.41 Å². The first-order chi connectivity index (χ1) is 7.65. The molecule has 1 aromatic carbocycles. The molecule has 1 N–H and O–H groups in total. The fourth-order valence-corrected chi connectivity index (χ4v) is 2.35. The van der Waals surface area contributed by atoms with Gasteiger partial charge in [0, 0.05) is 19.0 Å². The third-order valence-corrected chi connectivity index (χ3v) is 4.13. The summed E-state index contributed by atoms with van der Waals surface area (Å²) in [5.41, 5.74) is 4.53. The van der Waals surface area contributed by atoms with Crippen LogP contribution in [-0.4, -0.2) is 12.4 Å². The van der Waals surface area contributed by atoms with Crippen LogP contribution >= 0.6 is 11.6 Å². The van der Waals surface area contributed by atoms with Crippen molar-refractivity contribution in [1.82, 2.24) is 5.32 Å². The zero-order valence-electron chi connectivity index (χ0n) is 10.1. The van der Waals surface area contributed by atoms with E-state index in [9.17, 15) is 0 Å². The van der Waals surface area contributed by atoms with Crippen LogP contribution in [-0.2, 0) is 6.54 Å². The maximum Gasteiger partial charge on any atom is 0.0292 e. The summed E-state index contributed by atoms with van der Waals surface area (Å²) in [6.07, 6.45) is 2.58. The normalized spacial score (nSPS) is 17.4. The SMILES string of the molecule is Cc1ccc(C)c(CNCC2(CCl)CC2)c1. The first-order valence-corrected chi connectivity index (χ1v) is 6.51. The van der Waals surface area contributed by atoms with Crippen LogP contribution in [0.2, 0.25) is 0 Å². The largest absolute Gasteiger partial charge is 0.312 e. The van der Waals surface area contributed by atoms with Gasteiger partial charge in [0.2, 0.25) is 0 Å². The van der Waals surface area contributed by atoms with Crippen LogP contribution in [0.5, 0.6) is 0 Å². The molecule has 0 bridgehead atoms. The van der Waals surface area contributed by atoms with Crippen LogP contribution in [0, 0.1) is 19.3 Å². The lowest BCUT2D eigenvalue weighted by molar-refractivity contribution is 0.504. The van der Waals surface area contributed by atoms with E-state index in [-0.39, 0.29) is 0 Å². The highest BCUT2D eigenvalue weighted by Crippen LogP contribution is 2.45. The number of halogens is 1.